The molecule has 4 amide bonds. The van der Waals surface area contributed by atoms with Crippen LogP contribution in [-0.2, 0) is 27.3 Å². The molecule has 4 N–H and O–H groups in total. The predicted octanol–water partition coefficient (Wildman–Crippen LogP) is 1.10. The van der Waals surface area contributed by atoms with E-state index in [0.29, 0.717) is 5.56 Å². The van der Waals surface area contributed by atoms with Gasteiger partial charge in [-0.1, -0.05) is 30.3 Å². The van der Waals surface area contributed by atoms with E-state index in [4.69, 9.17) is 10.2 Å². The SMILES string of the molecule is NC(=O)N(Cc1ccccc1)C1=C(C(=O)O)N2C(=O)C(NC(=O)Cc3ccoc3)[C@H]2SC1. The fourth-order valence-corrected chi connectivity index (χ4v) is 5.04. The minimum absolute atomic E-state index is 0.0388. The zero-order chi connectivity index (χ0) is 22.8. The molecule has 10 nitrogen and oxygen atoms in total. The van der Waals surface area contributed by atoms with Crippen molar-refractivity contribution in [3.05, 3.63) is 71.4 Å². The van der Waals surface area contributed by atoms with Crippen LogP contribution in [0.1, 0.15) is 11.1 Å². The first-order valence-electron chi connectivity index (χ1n) is 9.69. The number of hydrogen-bond donors (Lipinski definition) is 3. The zero-order valence-corrected chi connectivity index (χ0v) is 17.6. The average molecular weight is 456 g/mol. The summed E-state index contributed by atoms with van der Waals surface area (Å²) in [6.45, 7) is 0.0698. The van der Waals surface area contributed by atoms with Gasteiger partial charge in [-0.2, -0.15) is 0 Å². The van der Waals surface area contributed by atoms with Gasteiger partial charge in [-0.15, -0.1) is 11.8 Å². The van der Waals surface area contributed by atoms with Crippen LogP contribution in [0.2, 0.25) is 0 Å². The van der Waals surface area contributed by atoms with Gasteiger partial charge in [-0.25, -0.2) is 9.59 Å². The summed E-state index contributed by atoms with van der Waals surface area (Å²) in [4.78, 5) is 51.6. The lowest BCUT2D eigenvalue weighted by atomic mass is 10.0. The van der Waals surface area contributed by atoms with Gasteiger partial charge in [0.1, 0.15) is 11.4 Å². The Balaban J connectivity index is 1.55. The number of nitrogens with one attached hydrogen (secondary N) is 1. The highest BCUT2D eigenvalue weighted by Crippen LogP contribution is 2.41. The van der Waals surface area contributed by atoms with Crippen molar-refractivity contribution in [2.75, 3.05) is 5.75 Å². The number of carboxylic acid groups (broad SMARTS) is 1. The number of aliphatic carboxylic acids is 1. The highest BCUT2D eigenvalue weighted by Gasteiger charge is 2.55. The van der Waals surface area contributed by atoms with Crippen molar-refractivity contribution in [3.63, 3.8) is 0 Å². The lowest BCUT2D eigenvalue weighted by Gasteiger charge is -2.50. The van der Waals surface area contributed by atoms with Crippen molar-refractivity contribution in [2.45, 2.75) is 24.4 Å². The third kappa shape index (κ3) is 4.06. The number of β-lactam (4-membered cyclic amide) rings is 1. The van der Waals surface area contributed by atoms with E-state index in [1.54, 1.807) is 30.3 Å². The number of thioether (sulfide) groups is 1. The lowest BCUT2D eigenvalue weighted by molar-refractivity contribution is -0.150. The molecule has 4 rings (SSSR count). The molecule has 166 valence electrons. The third-order valence-corrected chi connectivity index (χ3v) is 6.45. The van der Waals surface area contributed by atoms with E-state index in [1.165, 1.54) is 29.2 Å². The highest BCUT2D eigenvalue weighted by atomic mass is 32.2. The van der Waals surface area contributed by atoms with Gasteiger partial charge in [0.15, 0.2) is 5.70 Å². The van der Waals surface area contributed by atoms with Crippen LogP contribution in [0.4, 0.5) is 4.79 Å². The standard InChI is InChI=1S/C21H20N4O6S/c22-21(30)24(9-12-4-2-1-3-5-12)14-11-32-19-16(18(27)25(19)17(14)20(28)29)23-15(26)8-13-6-7-31-10-13/h1-7,10,16,19H,8-9,11H2,(H2,22,30)(H,23,26)(H,28,29)/t16?,19-/m1/s1. The maximum absolute atomic E-state index is 12.8. The quantitative estimate of drug-likeness (QED) is 0.529. The van der Waals surface area contributed by atoms with Gasteiger partial charge < -0.3 is 20.6 Å². The minimum Gasteiger partial charge on any atom is -0.477 e. The number of urea groups is 1. The van der Waals surface area contributed by atoms with Crippen molar-refractivity contribution in [3.8, 4) is 0 Å². The Kier molecular flexibility index (Phi) is 5.91. The molecule has 1 fully saturated rings. The summed E-state index contributed by atoms with van der Waals surface area (Å²) in [7, 11) is 0. The van der Waals surface area contributed by atoms with Gasteiger partial charge >= 0.3 is 12.0 Å². The average Bonchev–Trinajstić information content (AvgIpc) is 3.28. The molecule has 0 radical (unpaired) electrons. The molecular formula is C21H20N4O6S. The molecule has 0 aliphatic carbocycles. The van der Waals surface area contributed by atoms with Gasteiger partial charge in [0.25, 0.3) is 5.91 Å². The Labute approximate surface area is 187 Å². The smallest absolute Gasteiger partial charge is 0.354 e. The Morgan fingerprint density at radius 2 is 1.97 bits per heavy atom. The Morgan fingerprint density at radius 1 is 1.22 bits per heavy atom. The van der Waals surface area contributed by atoms with Gasteiger partial charge in [0, 0.05) is 5.75 Å². The molecule has 1 aromatic heterocycles. The number of benzene rings is 1. The van der Waals surface area contributed by atoms with Crippen LogP contribution in [0.3, 0.4) is 0 Å². The summed E-state index contributed by atoms with van der Waals surface area (Å²) in [6, 6.07) is 8.95. The molecule has 1 aromatic carbocycles. The normalized spacial score (nSPS) is 19.8. The van der Waals surface area contributed by atoms with E-state index in [2.05, 4.69) is 5.32 Å². The van der Waals surface area contributed by atoms with Crippen LogP contribution in [-0.4, -0.2) is 55.9 Å². The maximum atomic E-state index is 12.8. The van der Waals surface area contributed by atoms with E-state index in [0.717, 1.165) is 10.5 Å². The van der Waals surface area contributed by atoms with E-state index < -0.39 is 29.3 Å². The summed E-state index contributed by atoms with van der Waals surface area (Å²) in [5.41, 5.74) is 6.82. The largest absolute Gasteiger partial charge is 0.477 e. The molecule has 3 heterocycles. The van der Waals surface area contributed by atoms with Crippen molar-refractivity contribution >= 4 is 35.6 Å². The highest BCUT2D eigenvalue weighted by molar-refractivity contribution is 8.00. The van der Waals surface area contributed by atoms with Crippen molar-refractivity contribution in [1.82, 2.24) is 15.1 Å². The number of fused-ring (bicyclic) bond motifs is 1. The lowest BCUT2D eigenvalue weighted by Crippen LogP contribution is -2.71. The van der Waals surface area contributed by atoms with Gasteiger partial charge in [0.2, 0.25) is 5.91 Å². The fourth-order valence-electron chi connectivity index (χ4n) is 3.68. The first kappa shape index (κ1) is 21.5. The molecular weight excluding hydrogens is 436 g/mol. The topological polar surface area (TPSA) is 146 Å². The molecule has 0 saturated carbocycles. The van der Waals surface area contributed by atoms with Crippen LogP contribution in [0, 0.1) is 0 Å². The third-order valence-electron chi connectivity index (χ3n) is 5.19. The molecule has 32 heavy (non-hydrogen) atoms. The molecule has 2 aromatic rings. The van der Waals surface area contributed by atoms with E-state index in [1.807, 2.05) is 6.07 Å². The van der Waals surface area contributed by atoms with Crippen molar-refractivity contribution in [1.29, 1.82) is 0 Å². The van der Waals surface area contributed by atoms with Crippen molar-refractivity contribution in [2.24, 2.45) is 5.73 Å². The Morgan fingerprint density at radius 3 is 2.59 bits per heavy atom. The minimum atomic E-state index is -1.35. The van der Waals surface area contributed by atoms with Crippen molar-refractivity contribution < 1.29 is 28.7 Å². The first-order chi connectivity index (χ1) is 15.4. The number of carboxylic acids is 1. The second-order valence-corrected chi connectivity index (χ2v) is 8.38. The van der Waals surface area contributed by atoms with E-state index in [-0.39, 0.29) is 36.0 Å². The zero-order valence-electron chi connectivity index (χ0n) is 16.8. The fraction of sp³-hybridized carbons (Fsp3) is 0.238. The molecule has 0 bridgehead atoms. The number of hydrogen-bond acceptors (Lipinski definition) is 6. The number of nitrogens with two attached hydrogens (primary N) is 1. The molecule has 2 aliphatic heterocycles. The Bertz CT molecular complexity index is 1080. The molecule has 0 spiro atoms. The van der Waals surface area contributed by atoms with Gasteiger partial charge in [-0.05, 0) is 17.2 Å². The summed E-state index contributed by atoms with van der Waals surface area (Å²) in [6.07, 6.45) is 2.92. The number of nitrogens with zero attached hydrogens (tertiary/aromatic N) is 2. The van der Waals surface area contributed by atoms with Crippen LogP contribution in [0.5, 0.6) is 0 Å². The summed E-state index contributed by atoms with van der Waals surface area (Å²) in [5.74, 6) is -2.14. The monoisotopic (exact) mass is 456 g/mol. The summed E-state index contributed by atoms with van der Waals surface area (Å²) in [5, 5.41) is 11.9. The number of furan rings is 1. The second-order valence-electron chi connectivity index (χ2n) is 7.27. The van der Waals surface area contributed by atoms with E-state index >= 15 is 0 Å². The van der Waals surface area contributed by atoms with Gasteiger partial charge in [-0.3, -0.25) is 19.4 Å². The van der Waals surface area contributed by atoms with Crippen LogP contribution in [0.15, 0.2) is 64.7 Å². The number of carbonyl (C=O) groups excluding carboxylic acids is 3. The molecule has 11 heteroatoms. The first-order valence-corrected chi connectivity index (χ1v) is 10.7. The molecule has 2 aliphatic rings. The molecule has 2 atom stereocenters. The van der Waals surface area contributed by atoms with Crippen LogP contribution >= 0.6 is 11.8 Å². The number of rotatable bonds is 7. The Hall–Kier alpha value is -3.73. The predicted molar refractivity (Wildman–Crippen MR) is 114 cm³/mol. The number of primary amides is 1. The van der Waals surface area contributed by atoms with Crippen LogP contribution in [0.25, 0.3) is 0 Å². The summed E-state index contributed by atoms with van der Waals surface area (Å²) >= 11 is 1.26. The molecule has 1 saturated heterocycles. The van der Waals surface area contributed by atoms with Crippen LogP contribution < -0.4 is 11.1 Å². The van der Waals surface area contributed by atoms with Gasteiger partial charge in [0.05, 0.1) is 31.2 Å². The molecule has 1 unspecified atom stereocenters. The maximum Gasteiger partial charge on any atom is 0.354 e. The summed E-state index contributed by atoms with van der Waals surface area (Å²) < 4.78 is 4.93. The van der Waals surface area contributed by atoms with E-state index in [9.17, 15) is 24.3 Å². The number of carbonyl (C=O) groups is 4. The number of amides is 4. The second kappa shape index (κ2) is 8.79.